The van der Waals surface area contributed by atoms with E-state index < -0.39 is 22.4 Å². The maximum absolute atomic E-state index is 12.6. The fourth-order valence-corrected chi connectivity index (χ4v) is 1.30. The molecule has 0 unspecified atom stereocenters. The van der Waals surface area contributed by atoms with E-state index in [0.717, 1.165) is 18.2 Å². The van der Waals surface area contributed by atoms with Crippen molar-refractivity contribution in [2.45, 2.75) is 12.6 Å². The average Bonchev–Trinajstić information content (AvgIpc) is 2.27. The molecule has 94 valence electrons. The predicted octanol–water partition coefficient (Wildman–Crippen LogP) is 3.54. The zero-order valence-electron chi connectivity index (χ0n) is 8.94. The van der Waals surface area contributed by atoms with Crippen LogP contribution >= 0.6 is 0 Å². The minimum absolute atomic E-state index is 0.0695. The van der Waals surface area contributed by atoms with Crippen LogP contribution in [0.25, 0.3) is 6.08 Å². The number of allylic oxidation sites excluding steroid dienone is 1. The lowest BCUT2D eigenvalue weighted by Gasteiger charge is -2.09. The molecule has 0 heterocycles. The van der Waals surface area contributed by atoms with Gasteiger partial charge in [-0.1, -0.05) is 12.2 Å². The fraction of sp³-hybridized carbons (Fsp3) is 0.182. The van der Waals surface area contributed by atoms with Gasteiger partial charge in [-0.15, -0.1) is 0 Å². The van der Waals surface area contributed by atoms with Gasteiger partial charge >= 0.3 is 6.18 Å². The van der Waals surface area contributed by atoms with Crippen LogP contribution in [0.1, 0.15) is 17.5 Å². The van der Waals surface area contributed by atoms with Crippen molar-refractivity contribution in [1.29, 1.82) is 5.26 Å². The van der Waals surface area contributed by atoms with Gasteiger partial charge in [-0.05, 0) is 11.6 Å². The molecule has 1 aromatic rings. The maximum Gasteiger partial charge on any atom is 0.416 e. The summed E-state index contributed by atoms with van der Waals surface area (Å²) in [5, 5.41) is 18.8. The molecule has 1 aromatic carbocycles. The monoisotopic (exact) mass is 256 g/mol. The molecule has 0 aliphatic rings. The smallest absolute Gasteiger partial charge is 0.258 e. The average molecular weight is 256 g/mol. The Bertz CT molecular complexity index is 530. The van der Waals surface area contributed by atoms with Gasteiger partial charge in [0.05, 0.1) is 23.0 Å². The van der Waals surface area contributed by atoms with E-state index in [-0.39, 0.29) is 12.0 Å². The lowest BCUT2D eigenvalue weighted by Crippen LogP contribution is -2.07. The second-order valence-corrected chi connectivity index (χ2v) is 3.29. The standard InChI is InChI=1S/C11H7F3N2O2/c12-11(13,14)10-5-4-9(16(17)18)7-8(10)3-1-2-6-15/h1,3-5,7H,2H2. The lowest BCUT2D eigenvalue weighted by atomic mass is 10.1. The Morgan fingerprint density at radius 3 is 2.61 bits per heavy atom. The van der Waals surface area contributed by atoms with Crippen LogP contribution in [-0.2, 0) is 6.18 Å². The quantitative estimate of drug-likeness (QED) is 0.613. The molecule has 18 heavy (non-hydrogen) atoms. The van der Waals surface area contributed by atoms with Crippen molar-refractivity contribution in [2.75, 3.05) is 0 Å². The molecule has 0 N–H and O–H groups in total. The van der Waals surface area contributed by atoms with Gasteiger partial charge in [-0.25, -0.2) is 0 Å². The van der Waals surface area contributed by atoms with Crippen LogP contribution in [0.3, 0.4) is 0 Å². The van der Waals surface area contributed by atoms with Crippen LogP contribution in [0.2, 0.25) is 0 Å². The fourth-order valence-electron chi connectivity index (χ4n) is 1.30. The predicted molar refractivity (Wildman–Crippen MR) is 57.4 cm³/mol. The molecule has 0 saturated heterocycles. The summed E-state index contributed by atoms with van der Waals surface area (Å²) in [6, 6.07) is 4.01. The third kappa shape index (κ3) is 3.31. The van der Waals surface area contributed by atoms with Gasteiger partial charge in [-0.3, -0.25) is 10.1 Å². The molecule has 0 saturated carbocycles. The van der Waals surface area contributed by atoms with Crippen molar-refractivity contribution in [1.82, 2.24) is 0 Å². The van der Waals surface area contributed by atoms with Crippen LogP contribution in [0, 0.1) is 21.4 Å². The summed E-state index contributed by atoms with van der Waals surface area (Å²) >= 11 is 0. The van der Waals surface area contributed by atoms with Crippen LogP contribution in [0.5, 0.6) is 0 Å². The molecule has 0 radical (unpaired) electrons. The molecule has 0 aliphatic carbocycles. The molecular weight excluding hydrogens is 249 g/mol. The summed E-state index contributed by atoms with van der Waals surface area (Å²) in [5.74, 6) is 0. The Balaban J connectivity index is 3.28. The van der Waals surface area contributed by atoms with E-state index in [1.165, 1.54) is 6.08 Å². The Morgan fingerprint density at radius 1 is 1.44 bits per heavy atom. The third-order valence-corrected chi connectivity index (χ3v) is 2.06. The van der Waals surface area contributed by atoms with Crippen molar-refractivity contribution in [2.24, 2.45) is 0 Å². The Labute approximate surface area is 100 Å². The highest BCUT2D eigenvalue weighted by Crippen LogP contribution is 2.34. The van der Waals surface area contributed by atoms with Crippen molar-refractivity contribution >= 4 is 11.8 Å². The summed E-state index contributed by atoms with van der Waals surface area (Å²) in [7, 11) is 0. The van der Waals surface area contributed by atoms with E-state index in [1.54, 1.807) is 6.07 Å². The number of rotatable bonds is 3. The number of benzene rings is 1. The van der Waals surface area contributed by atoms with Crippen LogP contribution in [-0.4, -0.2) is 4.92 Å². The summed E-state index contributed by atoms with van der Waals surface area (Å²) < 4.78 is 37.9. The zero-order valence-corrected chi connectivity index (χ0v) is 8.94. The maximum atomic E-state index is 12.6. The largest absolute Gasteiger partial charge is 0.416 e. The van der Waals surface area contributed by atoms with Gasteiger partial charge in [0.1, 0.15) is 0 Å². The summed E-state index contributed by atoms with van der Waals surface area (Å²) in [5.41, 5.74) is -1.73. The topological polar surface area (TPSA) is 66.9 Å². The molecule has 0 amide bonds. The molecule has 4 nitrogen and oxygen atoms in total. The molecule has 0 aliphatic heterocycles. The highest BCUT2D eigenvalue weighted by atomic mass is 19.4. The second kappa shape index (κ2) is 5.31. The summed E-state index contributed by atoms with van der Waals surface area (Å²) in [6.07, 6.45) is -2.39. The van der Waals surface area contributed by atoms with Gasteiger partial charge in [0.25, 0.3) is 5.69 Å². The van der Waals surface area contributed by atoms with Crippen LogP contribution in [0.4, 0.5) is 18.9 Å². The number of hydrogen-bond acceptors (Lipinski definition) is 3. The van der Waals surface area contributed by atoms with Gasteiger partial charge in [0.15, 0.2) is 0 Å². The third-order valence-electron chi connectivity index (χ3n) is 2.06. The molecule has 0 spiro atoms. The van der Waals surface area contributed by atoms with E-state index in [4.69, 9.17) is 5.26 Å². The number of alkyl halides is 3. The second-order valence-electron chi connectivity index (χ2n) is 3.29. The molecule has 1 rings (SSSR count). The Kier molecular flexibility index (Phi) is 4.05. The first-order valence-corrected chi connectivity index (χ1v) is 4.75. The number of nitrogens with zero attached hydrogens (tertiary/aromatic N) is 2. The van der Waals surface area contributed by atoms with Gasteiger partial charge in [0.2, 0.25) is 0 Å². The first kappa shape index (κ1) is 13.7. The molecule has 7 heteroatoms. The zero-order chi connectivity index (χ0) is 13.8. The van der Waals surface area contributed by atoms with E-state index in [1.807, 2.05) is 0 Å². The van der Waals surface area contributed by atoms with Crippen LogP contribution < -0.4 is 0 Å². The summed E-state index contributed by atoms with van der Waals surface area (Å²) in [4.78, 5) is 9.72. The highest BCUT2D eigenvalue weighted by Gasteiger charge is 2.33. The molecule has 0 bridgehead atoms. The minimum Gasteiger partial charge on any atom is -0.258 e. The normalized spacial score (nSPS) is 11.4. The Hall–Kier alpha value is -2.36. The van der Waals surface area contributed by atoms with Gasteiger partial charge in [0, 0.05) is 12.1 Å². The number of nitro groups is 1. The SMILES string of the molecule is N#CCC=Cc1cc([N+](=O)[O-])ccc1C(F)(F)F. The van der Waals surface area contributed by atoms with Crippen molar-refractivity contribution in [3.8, 4) is 6.07 Å². The number of non-ortho nitro benzene ring substituents is 1. The number of hydrogen-bond donors (Lipinski definition) is 0. The molecule has 0 aromatic heterocycles. The molecular formula is C11H7F3N2O2. The van der Waals surface area contributed by atoms with Crippen molar-refractivity contribution in [3.05, 3.63) is 45.5 Å². The van der Waals surface area contributed by atoms with E-state index in [2.05, 4.69) is 0 Å². The van der Waals surface area contributed by atoms with E-state index >= 15 is 0 Å². The van der Waals surface area contributed by atoms with E-state index in [0.29, 0.717) is 6.07 Å². The molecule has 0 atom stereocenters. The van der Waals surface area contributed by atoms with Crippen LogP contribution in [0.15, 0.2) is 24.3 Å². The number of nitro benzene ring substituents is 1. The van der Waals surface area contributed by atoms with E-state index in [9.17, 15) is 23.3 Å². The first-order valence-electron chi connectivity index (χ1n) is 4.75. The Morgan fingerprint density at radius 2 is 2.11 bits per heavy atom. The van der Waals surface area contributed by atoms with Crippen molar-refractivity contribution in [3.63, 3.8) is 0 Å². The van der Waals surface area contributed by atoms with Gasteiger partial charge < -0.3 is 0 Å². The van der Waals surface area contributed by atoms with Crippen molar-refractivity contribution < 1.29 is 18.1 Å². The minimum atomic E-state index is -4.60. The lowest BCUT2D eigenvalue weighted by molar-refractivity contribution is -0.384. The number of halogens is 3. The van der Waals surface area contributed by atoms with Gasteiger partial charge in [-0.2, -0.15) is 18.4 Å². The summed E-state index contributed by atoms with van der Waals surface area (Å²) in [6.45, 7) is 0. The highest BCUT2D eigenvalue weighted by molar-refractivity contribution is 5.58. The number of nitriles is 1. The first-order chi connectivity index (χ1) is 8.36. The molecule has 0 fully saturated rings.